The molecule has 0 spiro atoms. The lowest BCUT2D eigenvalue weighted by atomic mass is 9.53. The zero-order chi connectivity index (χ0) is 42.6. The molecule has 4 aliphatic rings. The Balaban J connectivity index is 1.27. The zero-order valence-electron chi connectivity index (χ0n) is 32.3. The van der Waals surface area contributed by atoms with Gasteiger partial charge in [0.1, 0.15) is 24.1 Å². The number of allylic oxidation sites excluding steroid dienone is 1. The fourth-order valence-electron chi connectivity index (χ4n) is 10.1. The van der Waals surface area contributed by atoms with Crippen LogP contribution >= 0.6 is 0 Å². The molecular formula is C44H47N3O13. The number of hydrogen-bond donors (Lipinski definition) is 10. The van der Waals surface area contributed by atoms with Crippen LogP contribution in [0.3, 0.4) is 0 Å². The van der Waals surface area contributed by atoms with E-state index in [0.717, 1.165) is 35.1 Å². The summed E-state index contributed by atoms with van der Waals surface area (Å²) < 4.78 is 10.9. The topological polar surface area (TPSA) is 267 Å². The molecule has 0 radical (unpaired) electrons. The van der Waals surface area contributed by atoms with Crippen LogP contribution in [0.4, 0.5) is 5.69 Å². The number of aromatic amines is 1. The number of aliphatic hydroxyl groups excluding tert-OH is 5. The van der Waals surface area contributed by atoms with E-state index in [1.54, 1.807) is 24.4 Å². The van der Waals surface area contributed by atoms with Crippen LogP contribution in [0.25, 0.3) is 6.08 Å². The zero-order valence-corrected chi connectivity index (χ0v) is 32.3. The Morgan fingerprint density at radius 2 is 1.77 bits per heavy atom. The number of nitrogens with one attached hydrogen (secondary N) is 1. The van der Waals surface area contributed by atoms with Gasteiger partial charge in [0.05, 0.1) is 18.6 Å². The first kappa shape index (κ1) is 41.2. The van der Waals surface area contributed by atoms with Crippen LogP contribution in [0.2, 0.25) is 0 Å². The number of amides is 1. The SMILES string of the molecule is O=C(C=Cc1ccc(O)c(Cc2cnc[nH]2)c1)N1c2cc(OC3(O)OC(CO)C(O)C(O)C3O)c(O)cc2C2C(C3(c4ccccc4)CCCCC3CO)C=CC21C(=O)O. The highest BCUT2D eigenvalue weighted by Crippen LogP contribution is 2.65. The van der Waals surface area contributed by atoms with Crippen molar-refractivity contribution in [3.63, 3.8) is 0 Å². The van der Waals surface area contributed by atoms with E-state index in [9.17, 15) is 55.5 Å². The number of carboxylic acids is 1. The molecule has 10 N–H and O–H groups in total. The molecule has 1 saturated carbocycles. The molecule has 2 fully saturated rings. The summed E-state index contributed by atoms with van der Waals surface area (Å²) in [5.74, 6) is -8.54. The highest BCUT2D eigenvalue weighted by atomic mass is 16.8. The normalized spacial score (nSPS) is 32.2. The van der Waals surface area contributed by atoms with Gasteiger partial charge >= 0.3 is 11.9 Å². The number of aromatic nitrogens is 2. The predicted molar refractivity (Wildman–Crippen MR) is 213 cm³/mol. The molecule has 8 rings (SSSR count). The molecule has 3 heterocycles. The molecule has 1 aromatic heterocycles. The molecule has 1 saturated heterocycles. The lowest BCUT2D eigenvalue weighted by Crippen LogP contribution is -2.67. The third-order valence-electron chi connectivity index (χ3n) is 12.9. The maximum atomic E-state index is 14.8. The maximum Gasteiger partial charge on any atom is 0.355 e. The van der Waals surface area contributed by atoms with Crippen molar-refractivity contribution in [1.82, 2.24) is 9.97 Å². The fourth-order valence-corrected chi connectivity index (χ4v) is 10.1. The number of anilines is 1. The average Bonchev–Trinajstić information content (AvgIpc) is 3.98. The number of aliphatic hydroxyl groups is 6. The van der Waals surface area contributed by atoms with Crippen LogP contribution < -0.4 is 9.64 Å². The number of hydrogen-bond acceptors (Lipinski definition) is 13. The van der Waals surface area contributed by atoms with Crippen LogP contribution in [0, 0.1) is 11.8 Å². The van der Waals surface area contributed by atoms with Crippen molar-refractivity contribution in [2.45, 2.75) is 79.4 Å². The van der Waals surface area contributed by atoms with Gasteiger partial charge in [0.2, 0.25) is 0 Å². The van der Waals surface area contributed by atoms with E-state index in [1.165, 1.54) is 36.7 Å². The van der Waals surface area contributed by atoms with Crippen LogP contribution in [0.15, 0.2) is 91.4 Å². The fraction of sp³-hybridized carbons (Fsp3) is 0.386. The molecular weight excluding hydrogens is 778 g/mol. The summed E-state index contributed by atoms with van der Waals surface area (Å²) in [7, 11) is 0. The lowest BCUT2D eigenvalue weighted by Gasteiger charge is -2.50. The number of aliphatic carboxylic acids is 1. The Hall–Kier alpha value is -5.59. The number of phenols is 2. The number of ether oxygens (including phenoxy) is 2. The van der Waals surface area contributed by atoms with E-state index >= 15 is 0 Å². The Kier molecular flexibility index (Phi) is 10.8. The minimum atomic E-state index is -3.14. The van der Waals surface area contributed by atoms with Gasteiger partial charge in [-0.15, -0.1) is 0 Å². The number of imidazole rings is 1. The van der Waals surface area contributed by atoms with Gasteiger partial charge in [-0.2, -0.15) is 0 Å². The van der Waals surface area contributed by atoms with E-state index in [4.69, 9.17) is 9.47 Å². The molecule has 2 aliphatic heterocycles. The second-order valence-corrected chi connectivity index (χ2v) is 16.0. The minimum absolute atomic E-state index is 0.0148. The minimum Gasteiger partial charge on any atom is -0.508 e. The monoisotopic (exact) mass is 825 g/mol. The number of carbonyl (C=O) groups is 2. The molecule has 3 aromatic carbocycles. The number of carbonyl (C=O) groups excluding carboxylic acids is 1. The highest BCUT2D eigenvalue weighted by molar-refractivity contribution is 6.13. The summed E-state index contributed by atoms with van der Waals surface area (Å²) in [6, 6.07) is 16.6. The quantitative estimate of drug-likeness (QED) is 0.0591. The van der Waals surface area contributed by atoms with Gasteiger partial charge < -0.3 is 60.4 Å². The van der Waals surface area contributed by atoms with E-state index in [1.807, 2.05) is 30.3 Å². The van der Waals surface area contributed by atoms with Gasteiger partial charge in [0.25, 0.3) is 5.91 Å². The molecule has 10 unspecified atom stereocenters. The molecule has 4 aromatic rings. The summed E-state index contributed by atoms with van der Waals surface area (Å²) >= 11 is 0. The highest BCUT2D eigenvalue weighted by Gasteiger charge is 2.67. The van der Waals surface area contributed by atoms with Crippen LogP contribution in [-0.2, 0) is 26.2 Å². The maximum absolute atomic E-state index is 14.8. The van der Waals surface area contributed by atoms with Crippen LogP contribution in [0.5, 0.6) is 17.2 Å². The van der Waals surface area contributed by atoms with Crippen molar-refractivity contribution in [3.05, 3.63) is 119 Å². The van der Waals surface area contributed by atoms with Crippen molar-refractivity contribution in [2.75, 3.05) is 18.1 Å². The summed E-state index contributed by atoms with van der Waals surface area (Å²) in [5.41, 5.74) is -0.0425. The Labute approximate surface area is 343 Å². The molecule has 10 atom stereocenters. The summed E-state index contributed by atoms with van der Waals surface area (Å²) in [5, 5.41) is 97.2. The van der Waals surface area contributed by atoms with Gasteiger partial charge in [-0.3, -0.25) is 9.69 Å². The van der Waals surface area contributed by atoms with Crippen molar-refractivity contribution in [1.29, 1.82) is 0 Å². The van der Waals surface area contributed by atoms with Gasteiger partial charge in [-0.25, -0.2) is 9.78 Å². The lowest BCUT2D eigenvalue weighted by molar-refractivity contribution is -0.422. The van der Waals surface area contributed by atoms with Crippen LogP contribution in [0.1, 0.15) is 59.5 Å². The van der Waals surface area contributed by atoms with Gasteiger partial charge in [0.15, 0.2) is 23.1 Å². The first-order chi connectivity index (χ1) is 28.8. The first-order valence-electron chi connectivity index (χ1n) is 19.8. The second kappa shape index (κ2) is 15.8. The Morgan fingerprint density at radius 3 is 2.47 bits per heavy atom. The van der Waals surface area contributed by atoms with Gasteiger partial charge in [-0.05, 0) is 65.6 Å². The first-order valence-corrected chi connectivity index (χ1v) is 19.8. The number of benzene rings is 3. The molecule has 316 valence electrons. The van der Waals surface area contributed by atoms with E-state index in [2.05, 4.69) is 9.97 Å². The molecule has 16 heteroatoms. The van der Waals surface area contributed by atoms with Crippen LogP contribution in [-0.4, -0.2) is 117 Å². The van der Waals surface area contributed by atoms with E-state index in [-0.39, 0.29) is 29.5 Å². The average molecular weight is 826 g/mol. The Morgan fingerprint density at radius 1 is 0.983 bits per heavy atom. The number of fused-ring (bicyclic) bond motifs is 3. The standard InChI is InChI=1S/C44H47N3O13/c48-21-27-8-4-5-14-42(27,26-6-2-1-3-7-26)30-13-15-43(41(56)57)37(30)29-18-33(51)34(59-44(58)40(55)39(54)38(53)35(22-49)60-44)19-31(29)47(43)36(52)12-10-24-9-11-32(50)25(16-24)17-28-20-45-23-46-28/h1-3,6-7,9-13,15-16,18-20,23,27,30,35,37-40,48-51,53-55,58H,4-5,8,14,17,21-22H2,(H,45,46)(H,56,57). The molecule has 2 aliphatic carbocycles. The number of aromatic hydroxyl groups is 2. The smallest absolute Gasteiger partial charge is 0.355 e. The second-order valence-electron chi connectivity index (χ2n) is 16.0. The number of H-pyrrole nitrogens is 1. The third kappa shape index (κ3) is 6.55. The van der Waals surface area contributed by atoms with Gasteiger partial charge in [-0.1, -0.05) is 61.4 Å². The third-order valence-corrected chi connectivity index (χ3v) is 12.9. The van der Waals surface area contributed by atoms with E-state index in [0.29, 0.717) is 30.4 Å². The van der Waals surface area contributed by atoms with Crippen molar-refractivity contribution < 1.29 is 65.0 Å². The van der Waals surface area contributed by atoms with Gasteiger partial charge in [0, 0.05) is 54.0 Å². The number of rotatable bonds is 11. The van der Waals surface area contributed by atoms with Crippen molar-refractivity contribution >= 4 is 23.6 Å². The Bertz CT molecular complexity index is 2300. The number of carboxylic acid groups (broad SMARTS) is 1. The molecule has 16 nitrogen and oxygen atoms in total. The van der Waals surface area contributed by atoms with Crippen molar-refractivity contribution in [3.8, 4) is 17.2 Å². The predicted octanol–water partition coefficient (Wildman–Crippen LogP) is 2.18. The van der Waals surface area contributed by atoms with Crippen molar-refractivity contribution in [2.24, 2.45) is 11.8 Å². The molecule has 60 heavy (non-hydrogen) atoms. The molecule has 0 bridgehead atoms. The number of nitrogens with zero attached hydrogens (tertiary/aromatic N) is 2. The summed E-state index contributed by atoms with van der Waals surface area (Å²) in [4.78, 5) is 36.9. The molecule has 1 amide bonds. The largest absolute Gasteiger partial charge is 0.508 e. The summed E-state index contributed by atoms with van der Waals surface area (Å²) in [6.45, 7) is -1.09. The summed E-state index contributed by atoms with van der Waals surface area (Å²) in [6.07, 6.45) is 4.41. The van der Waals surface area contributed by atoms with E-state index < -0.39 is 83.2 Å². The number of phenolic OH excluding ortho intramolecular Hbond substituents is 2.